The Morgan fingerprint density at radius 1 is 1.05 bits per heavy atom. The van der Waals surface area contributed by atoms with Crippen LogP contribution >= 0.6 is 11.8 Å². The average molecular weight is 296 g/mol. The molecule has 0 radical (unpaired) electrons. The first-order chi connectivity index (χ1) is 8.97. The van der Waals surface area contributed by atoms with Crippen molar-refractivity contribution < 1.29 is 12.8 Å². The van der Waals surface area contributed by atoms with Crippen molar-refractivity contribution in [2.45, 2.75) is 15.5 Å². The van der Waals surface area contributed by atoms with E-state index in [-0.39, 0.29) is 5.82 Å². The third-order valence-electron chi connectivity index (χ3n) is 2.56. The molecule has 2 aromatic carbocycles. The highest BCUT2D eigenvalue weighted by atomic mass is 32.2. The van der Waals surface area contributed by atoms with E-state index in [9.17, 15) is 12.8 Å². The fourth-order valence-corrected chi connectivity index (χ4v) is 3.91. The monoisotopic (exact) mass is 296 g/mol. The second-order valence-electron chi connectivity index (χ2n) is 4.13. The van der Waals surface area contributed by atoms with E-state index in [4.69, 9.17) is 0 Å². The quantitative estimate of drug-likeness (QED) is 0.810. The summed E-state index contributed by atoms with van der Waals surface area (Å²) in [6.07, 6.45) is 1.20. The fraction of sp³-hybridized carbons (Fsp3) is 0.143. The van der Waals surface area contributed by atoms with E-state index in [0.29, 0.717) is 15.5 Å². The molecule has 5 heteroatoms. The van der Waals surface area contributed by atoms with Gasteiger partial charge in [-0.05, 0) is 29.8 Å². The zero-order valence-corrected chi connectivity index (χ0v) is 12.0. The van der Waals surface area contributed by atoms with Crippen molar-refractivity contribution in [3.63, 3.8) is 0 Å². The van der Waals surface area contributed by atoms with Gasteiger partial charge in [0.2, 0.25) is 0 Å². The molecule has 2 aromatic rings. The highest BCUT2D eigenvalue weighted by Crippen LogP contribution is 2.29. The molecule has 0 spiro atoms. The van der Waals surface area contributed by atoms with Crippen LogP contribution in [0, 0.1) is 5.82 Å². The van der Waals surface area contributed by atoms with Gasteiger partial charge < -0.3 is 0 Å². The molecule has 0 N–H and O–H groups in total. The molecule has 2 rings (SSSR count). The lowest BCUT2D eigenvalue weighted by Gasteiger charge is -2.07. The van der Waals surface area contributed by atoms with Crippen LogP contribution in [0.1, 0.15) is 5.56 Å². The van der Waals surface area contributed by atoms with Crippen LogP contribution in [-0.2, 0) is 15.6 Å². The molecule has 0 saturated carbocycles. The number of hydrogen-bond acceptors (Lipinski definition) is 3. The highest BCUT2D eigenvalue weighted by molar-refractivity contribution is 7.99. The largest absolute Gasteiger partial charge is 0.224 e. The Hall–Kier alpha value is -1.33. The first-order valence-electron chi connectivity index (χ1n) is 5.63. The highest BCUT2D eigenvalue weighted by Gasteiger charge is 2.12. The molecule has 0 unspecified atom stereocenters. The second-order valence-corrected chi connectivity index (χ2v) is 7.14. The third-order valence-corrected chi connectivity index (χ3v) is 4.99. The normalized spacial score (nSPS) is 11.5. The first-order valence-corrected chi connectivity index (χ1v) is 8.51. The lowest BCUT2D eigenvalue weighted by Crippen LogP contribution is -1.99. The lowest BCUT2D eigenvalue weighted by molar-refractivity contribution is 0.600. The molecule has 100 valence electrons. The SMILES string of the molecule is CS(=O)(=O)c1ccccc1SCc1ccc(F)cc1. The summed E-state index contributed by atoms with van der Waals surface area (Å²) in [5.74, 6) is 0.331. The smallest absolute Gasteiger partial charge is 0.176 e. The predicted molar refractivity (Wildman–Crippen MR) is 75.5 cm³/mol. The minimum absolute atomic E-state index is 0.273. The molecule has 19 heavy (non-hydrogen) atoms. The molecule has 0 heterocycles. The van der Waals surface area contributed by atoms with Gasteiger partial charge in [-0.2, -0.15) is 0 Å². The van der Waals surface area contributed by atoms with Gasteiger partial charge in [0.1, 0.15) is 5.82 Å². The Labute approximate surface area is 116 Å². The summed E-state index contributed by atoms with van der Waals surface area (Å²) in [7, 11) is -3.23. The number of thioether (sulfide) groups is 1. The molecule has 2 nitrogen and oxygen atoms in total. The Bertz CT molecular complexity index is 664. The van der Waals surface area contributed by atoms with Gasteiger partial charge in [-0.25, -0.2) is 12.8 Å². The third kappa shape index (κ3) is 3.81. The Morgan fingerprint density at radius 2 is 1.68 bits per heavy atom. The number of benzene rings is 2. The number of halogens is 1. The molecular formula is C14H13FO2S2. The zero-order valence-electron chi connectivity index (χ0n) is 10.3. The minimum Gasteiger partial charge on any atom is -0.224 e. The van der Waals surface area contributed by atoms with Crippen LogP contribution in [0.3, 0.4) is 0 Å². The van der Waals surface area contributed by atoms with E-state index in [1.165, 1.54) is 30.2 Å². The fourth-order valence-electron chi connectivity index (χ4n) is 1.62. The second kappa shape index (κ2) is 5.75. The van der Waals surface area contributed by atoms with Crippen LogP contribution in [0.4, 0.5) is 4.39 Å². The van der Waals surface area contributed by atoms with Gasteiger partial charge in [-0.1, -0.05) is 24.3 Å². The first kappa shape index (κ1) is 14.1. The summed E-state index contributed by atoms with van der Waals surface area (Å²) >= 11 is 1.43. The van der Waals surface area contributed by atoms with Crippen molar-refractivity contribution in [3.8, 4) is 0 Å². The van der Waals surface area contributed by atoms with Gasteiger partial charge in [0.05, 0.1) is 4.90 Å². The standard InChI is InChI=1S/C14H13FO2S2/c1-19(16,17)14-5-3-2-4-13(14)18-10-11-6-8-12(15)9-7-11/h2-9H,10H2,1H3. The van der Waals surface area contributed by atoms with E-state index in [1.54, 1.807) is 30.3 Å². The van der Waals surface area contributed by atoms with Crippen LogP contribution in [0.2, 0.25) is 0 Å². The van der Waals surface area contributed by atoms with Crippen molar-refractivity contribution >= 4 is 21.6 Å². The summed E-state index contributed by atoms with van der Waals surface area (Å²) < 4.78 is 36.1. The maximum absolute atomic E-state index is 12.8. The molecule has 0 atom stereocenters. The summed E-state index contributed by atoms with van der Waals surface area (Å²) in [6, 6.07) is 13.1. The van der Waals surface area contributed by atoms with Crippen LogP contribution in [-0.4, -0.2) is 14.7 Å². The summed E-state index contributed by atoms with van der Waals surface area (Å²) in [4.78, 5) is 1.05. The van der Waals surface area contributed by atoms with Gasteiger partial charge >= 0.3 is 0 Å². The van der Waals surface area contributed by atoms with E-state index in [2.05, 4.69) is 0 Å². The van der Waals surface area contributed by atoms with Crippen LogP contribution in [0.15, 0.2) is 58.3 Å². The van der Waals surface area contributed by atoms with Crippen molar-refractivity contribution in [1.29, 1.82) is 0 Å². The van der Waals surface area contributed by atoms with Gasteiger partial charge in [0.25, 0.3) is 0 Å². The Kier molecular flexibility index (Phi) is 4.27. The number of rotatable bonds is 4. The molecule has 0 fully saturated rings. The maximum Gasteiger partial charge on any atom is 0.176 e. The van der Waals surface area contributed by atoms with Gasteiger partial charge in [-0.15, -0.1) is 11.8 Å². The summed E-state index contributed by atoms with van der Waals surface area (Å²) in [5.41, 5.74) is 0.953. The van der Waals surface area contributed by atoms with Gasteiger partial charge in [0, 0.05) is 16.9 Å². The van der Waals surface area contributed by atoms with E-state index in [1.807, 2.05) is 6.07 Å². The van der Waals surface area contributed by atoms with Crippen molar-refractivity contribution in [2.24, 2.45) is 0 Å². The predicted octanol–water partition coefficient (Wildman–Crippen LogP) is 3.52. The summed E-state index contributed by atoms with van der Waals surface area (Å²) in [6.45, 7) is 0. The molecule has 0 saturated heterocycles. The molecular weight excluding hydrogens is 283 g/mol. The van der Waals surface area contributed by atoms with Crippen molar-refractivity contribution in [1.82, 2.24) is 0 Å². The van der Waals surface area contributed by atoms with Crippen LogP contribution < -0.4 is 0 Å². The van der Waals surface area contributed by atoms with E-state index >= 15 is 0 Å². The minimum atomic E-state index is -3.23. The molecule has 0 aromatic heterocycles. The number of hydrogen-bond donors (Lipinski definition) is 0. The lowest BCUT2D eigenvalue weighted by atomic mass is 10.2. The average Bonchev–Trinajstić information content (AvgIpc) is 2.37. The number of sulfone groups is 1. The van der Waals surface area contributed by atoms with Crippen LogP contribution in [0.25, 0.3) is 0 Å². The Balaban J connectivity index is 2.18. The van der Waals surface area contributed by atoms with E-state index < -0.39 is 9.84 Å². The molecule has 0 aliphatic rings. The summed E-state index contributed by atoms with van der Waals surface area (Å²) in [5, 5.41) is 0. The Morgan fingerprint density at radius 3 is 2.32 bits per heavy atom. The van der Waals surface area contributed by atoms with Crippen LogP contribution in [0.5, 0.6) is 0 Å². The van der Waals surface area contributed by atoms with E-state index in [0.717, 1.165) is 5.56 Å². The zero-order chi connectivity index (χ0) is 13.9. The van der Waals surface area contributed by atoms with Gasteiger partial charge in [0.15, 0.2) is 9.84 Å². The van der Waals surface area contributed by atoms with Gasteiger partial charge in [-0.3, -0.25) is 0 Å². The topological polar surface area (TPSA) is 34.1 Å². The van der Waals surface area contributed by atoms with Crippen molar-refractivity contribution in [3.05, 3.63) is 59.9 Å². The van der Waals surface area contributed by atoms with Crippen molar-refractivity contribution in [2.75, 3.05) is 6.26 Å². The molecule has 0 bridgehead atoms. The molecule has 0 aliphatic carbocycles. The molecule has 0 amide bonds. The maximum atomic E-state index is 12.8. The molecule has 0 aliphatic heterocycles.